The zero-order valence-corrected chi connectivity index (χ0v) is 27.1. The van der Waals surface area contributed by atoms with E-state index in [1.54, 1.807) is 0 Å². The van der Waals surface area contributed by atoms with Gasteiger partial charge in [0.25, 0.3) is 0 Å². The Labute approximate surface area is 276 Å². The molecule has 0 aromatic heterocycles. The van der Waals surface area contributed by atoms with Crippen LogP contribution in [0.5, 0.6) is 11.5 Å². The molecular weight excluding hydrogens is 580 g/mol. The van der Waals surface area contributed by atoms with Gasteiger partial charge in [-0.2, -0.15) is 0 Å². The van der Waals surface area contributed by atoms with E-state index in [1.165, 1.54) is 43.8 Å². The van der Waals surface area contributed by atoms with Gasteiger partial charge in [-0.05, 0) is 80.2 Å². The topological polar surface area (TPSA) is 36.9 Å². The van der Waals surface area contributed by atoms with E-state index in [9.17, 15) is 0 Å². The fourth-order valence-electron chi connectivity index (χ4n) is 8.21. The quantitative estimate of drug-likeness (QED) is 0.174. The van der Waals surface area contributed by atoms with Crippen molar-refractivity contribution in [2.24, 2.45) is 16.7 Å². The van der Waals surface area contributed by atoms with Gasteiger partial charge in [0.1, 0.15) is 11.5 Å². The van der Waals surface area contributed by atoms with Crippen LogP contribution in [-0.4, -0.2) is 39.6 Å². The largest absolute Gasteiger partial charge is 0.493 e. The average Bonchev–Trinajstić information content (AvgIpc) is 3.39. The van der Waals surface area contributed by atoms with Crippen LogP contribution in [0.4, 0.5) is 0 Å². The fourth-order valence-corrected chi connectivity index (χ4v) is 8.21. The van der Waals surface area contributed by atoms with Crippen molar-refractivity contribution in [3.8, 4) is 11.5 Å². The smallest absolute Gasteiger partial charge is 0.119 e. The molecule has 0 N–H and O–H groups in total. The van der Waals surface area contributed by atoms with Gasteiger partial charge in [-0.25, -0.2) is 0 Å². The lowest BCUT2D eigenvalue weighted by Crippen LogP contribution is -2.44. The third kappa shape index (κ3) is 4.72. The molecule has 0 bridgehead atoms. The summed E-state index contributed by atoms with van der Waals surface area (Å²) in [7, 11) is 0. The van der Waals surface area contributed by atoms with Crippen molar-refractivity contribution in [3.05, 3.63) is 144 Å². The number of hydrogen-bond acceptors (Lipinski definition) is 4. The van der Waals surface area contributed by atoms with Crippen molar-refractivity contribution in [1.29, 1.82) is 0 Å². The number of ether oxygens (including phenoxy) is 4. The second-order valence-corrected chi connectivity index (χ2v) is 14.8. The molecular formula is C43H40O4. The van der Waals surface area contributed by atoms with Crippen LogP contribution in [0, 0.1) is 16.7 Å². The molecule has 2 atom stereocenters. The van der Waals surface area contributed by atoms with Crippen LogP contribution in [0.15, 0.2) is 121 Å². The Hall–Kier alpha value is -4.38. The highest BCUT2D eigenvalue weighted by molar-refractivity contribution is 5.87. The standard InChI is InChI=1S/C43H40O4/c1-41(23-44-24-41)27-46-35-17-13-29-19-33(15-11-31(29)21-35)43(39-9-5-3-7-37(39)38-8-4-6-10-40(38)43)34-16-12-32-22-36(18-14-30(32)20-34)47-28-42(2)25-45-26-42/h3-22,37,39H,23-28H2,1-2H3. The van der Waals surface area contributed by atoms with Gasteiger partial charge in [-0.15, -0.1) is 0 Å². The molecule has 2 fully saturated rings. The van der Waals surface area contributed by atoms with Crippen molar-refractivity contribution in [3.63, 3.8) is 0 Å². The normalized spacial score (nSPS) is 22.7. The molecule has 0 saturated carbocycles. The van der Waals surface area contributed by atoms with Gasteiger partial charge in [0.2, 0.25) is 0 Å². The highest BCUT2D eigenvalue weighted by Crippen LogP contribution is 2.60. The number of fused-ring (bicyclic) bond motifs is 5. The van der Waals surface area contributed by atoms with Crippen molar-refractivity contribution < 1.29 is 18.9 Å². The Morgan fingerprint density at radius 2 is 1.11 bits per heavy atom. The summed E-state index contributed by atoms with van der Waals surface area (Å²) in [4.78, 5) is 0. The third-order valence-electron chi connectivity index (χ3n) is 10.9. The van der Waals surface area contributed by atoms with Crippen molar-refractivity contribution in [2.45, 2.75) is 25.2 Å². The number of hydrogen-bond donors (Lipinski definition) is 0. The molecule has 4 heteroatoms. The molecule has 5 aromatic carbocycles. The monoisotopic (exact) mass is 620 g/mol. The summed E-state index contributed by atoms with van der Waals surface area (Å²) in [5.41, 5.74) is 5.29. The Bertz CT molecular complexity index is 1960. The molecule has 0 amide bonds. The van der Waals surface area contributed by atoms with E-state index >= 15 is 0 Å². The van der Waals surface area contributed by atoms with Crippen LogP contribution in [0.1, 0.15) is 42.0 Å². The molecule has 5 aromatic rings. The molecule has 4 nitrogen and oxygen atoms in total. The number of benzene rings is 5. The summed E-state index contributed by atoms with van der Waals surface area (Å²) in [6.07, 6.45) is 9.27. The molecule has 2 saturated heterocycles. The predicted octanol–water partition coefficient (Wildman–Crippen LogP) is 9.00. The maximum absolute atomic E-state index is 6.24. The molecule has 2 aliphatic heterocycles. The first-order valence-corrected chi connectivity index (χ1v) is 16.9. The van der Waals surface area contributed by atoms with E-state index in [-0.39, 0.29) is 22.2 Å². The summed E-state index contributed by atoms with van der Waals surface area (Å²) in [5, 5.41) is 4.81. The Kier molecular flexibility index (Phi) is 6.64. The van der Waals surface area contributed by atoms with Crippen LogP contribution in [0.3, 0.4) is 0 Å². The number of allylic oxidation sites excluding steroid dienone is 4. The van der Waals surface area contributed by atoms with E-state index in [1.807, 2.05) is 0 Å². The minimum atomic E-state index is -0.354. The second kappa shape index (κ2) is 10.8. The zero-order valence-electron chi connectivity index (χ0n) is 27.1. The highest BCUT2D eigenvalue weighted by Gasteiger charge is 2.52. The van der Waals surface area contributed by atoms with Crippen molar-refractivity contribution in [2.75, 3.05) is 39.6 Å². The summed E-state index contributed by atoms with van der Waals surface area (Å²) in [6.45, 7) is 8.83. The van der Waals surface area contributed by atoms with Gasteiger partial charge in [-0.3, -0.25) is 0 Å². The maximum Gasteiger partial charge on any atom is 0.119 e. The molecule has 236 valence electrons. The summed E-state index contributed by atoms with van der Waals surface area (Å²) >= 11 is 0. The van der Waals surface area contributed by atoms with E-state index in [2.05, 4.69) is 135 Å². The van der Waals surface area contributed by atoms with Crippen LogP contribution < -0.4 is 9.47 Å². The Balaban J connectivity index is 1.14. The lowest BCUT2D eigenvalue weighted by molar-refractivity contribution is -0.120. The van der Waals surface area contributed by atoms with E-state index in [0.717, 1.165) is 37.9 Å². The Morgan fingerprint density at radius 3 is 1.66 bits per heavy atom. The molecule has 0 spiro atoms. The molecule has 0 radical (unpaired) electrons. The van der Waals surface area contributed by atoms with Gasteiger partial charge in [0.15, 0.2) is 0 Å². The highest BCUT2D eigenvalue weighted by atomic mass is 16.5. The van der Waals surface area contributed by atoms with Gasteiger partial charge in [0, 0.05) is 22.7 Å². The minimum Gasteiger partial charge on any atom is -0.493 e. The SMILES string of the molecule is CC1(COc2ccc3cc(C4(c5ccc6cc(OCC7(C)COC7)ccc6c5)c5ccccc5C5C=CC=CC54)ccc3c2)COC1. The first kappa shape index (κ1) is 28.8. The van der Waals surface area contributed by atoms with Gasteiger partial charge >= 0.3 is 0 Å². The van der Waals surface area contributed by atoms with Crippen molar-refractivity contribution >= 4 is 21.5 Å². The van der Waals surface area contributed by atoms with E-state index < -0.39 is 0 Å². The van der Waals surface area contributed by atoms with E-state index in [0.29, 0.717) is 19.1 Å². The summed E-state index contributed by atoms with van der Waals surface area (Å²) in [6, 6.07) is 36.2. The summed E-state index contributed by atoms with van der Waals surface area (Å²) in [5.74, 6) is 2.38. The molecule has 2 heterocycles. The zero-order chi connectivity index (χ0) is 31.6. The van der Waals surface area contributed by atoms with Crippen LogP contribution in [0.2, 0.25) is 0 Å². The number of rotatable bonds is 8. The molecule has 9 rings (SSSR count). The average molecular weight is 621 g/mol. The van der Waals surface area contributed by atoms with Crippen LogP contribution in [0.25, 0.3) is 21.5 Å². The maximum atomic E-state index is 6.24. The van der Waals surface area contributed by atoms with Crippen molar-refractivity contribution in [1.82, 2.24) is 0 Å². The minimum absolute atomic E-state index is 0.109. The second-order valence-electron chi connectivity index (χ2n) is 14.8. The Morgan fingerprint density at radius 1 is 0.596 bits per heavy atom. The van der Waals surface area contributed by atoms with E-state index in [4.69, 9.17) is 18.9 Å². The first-order valence-electron chi connectivity index (χ1n) is 16.9. The lowest BCUT2D eigenvalue weighted by atomic mass is 9.63. The van der Waals surface area contributed by atoms with Gasteiger partial charge in [-0.1, -0.05) is 98.8 Å². The molecule has 47 heavy (non-hydrogen) atoms. The van der Waals surface area contributed by atoms with Gasteiger partial charge in [0.05, 0.1) is 45.1 Å². The first-order chi connectivity index (χ1) is 22.9. The molecule has 2 unspecified atom stereocenters. The lowest BCUT2D eigenvalue weighted by Gasteiger charge is -2.39. The molecule has 2 aliphatic carbocycles. The van der Waals surface area contributed by atoms with Crippen LogP contribution >= 0.6 is 0 Å². The fraction of sp³-hybridized carbons (Fsp3) is 0.302. The molecule has 4 aliphatic rings. The third-order valence-corrected chi connectivity index (χ3v) is 10.9. The predicted molar refractivity (Wildman–Crippen MR) is 188 cm³/mol. The van der Waals surface area contributed by atoms with Crippen LogP contribution in [-0.2, 0) is 14.9 Å². The van der Waals surface area contributed by atoms with Gasteiger partial charge < -0.3 is 18.9 Å². The summed E-state index contributed by atoms with van der Waals surface area (Å²) < 4.78 is 23.3.